The molecule has 0 amide bonds. The van der Waals surface area contributed by atoms with Gasteiger partial charge in [-0.2, -0.15) is 5.26 Å². The number of benzene rings is 1. The molecule has 0 bridgehead atoms. The topological polar surface area (TPSA) is 70.3 Å². The summed E-state index contributed by atoms with van der Waals surface area (Å²) in [6.45, 7) is 0. The summed E-state index contributed by atoms with van der Waals surface area (Å²) in [5.41, 5.74) is 0.576. The molecular weight excluding hydrogens is 230 g/mol. The number of aliphatic carboxylic acids is 1. The lowest BCUT2D eigenvalue weighted by Crippen LogP contribution is -2.27. The monoisotopic (exact) mass is 245 g/mol. The van der Waals surface area contributed by atoms with E-state index in [2.05, 4.69) is 6.07 Å². The summed E-state index contributed by atoms with van der Waals surface area (Å²) in [4.78, 5) is 10.8. The molecular formula is C14H15NO3. The number of nitriles is 1. The van der Waals surface area contributed by atoms with Crippen LogP contribution in [0.1, 0.15) is 31.2 Å². The van der Waals surface area contributed by atoms with Crippen molar-refractivity contribution in [3.8, 4) is 11.8 Å². The van der Waals surface area contributed by atoms with Crippen molar-refractivity contribution in [2.75, 3.05) is 0 Å². The van der Waals surface area contributed by atoms with E-state index < -0.39 is 5.97 Å². The standard InChI is InChI=1S/C14H15NO3/c15-9-10-2-1-3-13(8-10)18-12-6-4-11(5-7-12)14(16)17/h1-3,8,11-12H,4-7H2,(H,16,17)/t11-,12-. The second-order valence-electron chi connectivity index (χ2n) is 4.57. The SMILES string of the molecule is N#Cc1cccc(O[C@H]2CC[C@H](C(=O)O)CC2)c1. The molecule has 0 unspecified atom stereocenters. The van der Waals surface area contributed by atoms with Crippen LogP contribution in [0.15, 0.2) is 24.3 Å². The summed E-state index contributed by atoms with van der Waals surface area (Å²) in [7, 11) is 0. The molecule has 1 aliphatic carbocycles. The van der Waals surface area contributed by atoms with Crippen LogP contribution in [0.25, 0.3) is 0 Å². The van der Waals surface area contributed by atoms with Gasteiger partial charge in [0, 0.05) is 0 Å². The highest BCUT2D eigenvalue weighted by Crippen LogP contribution is 2.28. The fourth-order valence-corrected chi connectivity index (χ4v) is 2.26. The third-order valence-corrected chi connectivity index (χ3v) is 3.29. The third kappa shape index (κ3) is 3.01. The summed E-state index contributed by atoms with van der Waals surface area (Å²) >= 11 is 0. The van der Waals surface area contributed by atoms with Crippen LogP contribution in [-0.2, 0) is 4.79 Å². The zero-order chi connectivity index (χ0) is 13.0. The molecule has 0 radical (unpaired) electrons. The lowest BCUT2D eigenvalue weighted by molar-refractivity contribution is -0.143. The molecule has 1 saturated carbocycles. The lowest BCUT2D eigenvalue weighted by Gasteiger charge is -2.26. The Morgan fingerprint density at radius 3 is 2.67 bits per heavy atom. The van der Waals surface area contributed by atoms with E-state index in [9.17, 15) is 4.79 Å². The van der Waals surface area contributed by atoms with Crippen molar-refractivity contribution in [2.45, 2.75) is 31.8 Å². The molecule has 0 atom stereocenters. The zero-order valence-corrected chi connectivity index (χ0v) is 10.0. The average Bonchev–Trinajstić information content (AvgIpc) is 2.39. The number of carbonyl (C=O) groups is 1. The minimum Gasteiger partial charge on any atom is -0.490 e. The minimum atomic E-state index is -0.708. The van der Waals surface area contributed by atoms with E-state index in [4.69, 9.17) is 15.1 Å². The number of nitrogens with zero attached hydrogens (tertiary/aromatic N) is 1. The smallest absolute Gasteiger partial charge is 0.306 e. The maximum Gasteiger partial charge on any atom is 0.306 e. The molecule has 18 heavy (non-hydrogen) atoms. The van der Waals surface area contributed by atoms with Crippen molar-refractivity contribution in [1.29, 1.82) is 5.26 Å². The summed E-state index contributed by atoms with van der Waals surface area (Å²) in [5.74, 6) is -0.247. The van der Waals surface area contributed by atoms with Crippen molar-refractivity contribution < 1.29 is 14.6 Å². The fourth-order valence-electron chi connectivity index (χ4n) is 2.26. The number of rotatable bonds is 3. The molecule has 1 fully saturated rings. The van der Waals surface area contributed by atoms with E-state index >= 15 is 0 Å². The molecule has 0 saturated heterocycles. The summed E-state index contributed by atoms with van der Waals surface area (Å²) in [6.07, 6.45) is 2.91. The summed E-state index contributed by atoms with van der Waals surface area (Å²) in [5, 5.41) is 17.7. The van der Waals surface area contributed by atoms with Gasteiger partial charge < -0.3 is 9.84 Å². The Labute approximate surface area is 106 Å². The normalized spacial score (nSPS) is 23.1. The molecule has 1 aromatic rings. The van der Waals surface area contributed by atoms with Gasteiger partial charge in [0.2, 0.25) is 0 Å². The highest BCUT2D eigenvalue weighted by Gasteiger charge is 2.26. The van der Waals surface area contributed by atoms with Crippen LogP contribution in [0.4, 0.5) is 0 Å². The molecule has 0 aromatic heterocycles. The lowest BCUT2D eigenvalue weighted by atomic mass is 9.87. The van der Waals surface area contributed by atoms with Gasteiger partial charge in [-0.05, 0) is 43.9 Å². The highest BCUT2D eigenvalue weighted by atomic mass is 16.5. The van der Waals surface area contributed by atoms with E-state index in [1.165, 1.54) is 0 Å². The predicted octanol–water partition coefficient (Wildman–Crippen LogP) is 2.58. The summed E-state index contributed by atoms with van der Waals surface area (Å²) < 4.78 is 5.78. The van der Waals surface area contributed by atoms with Gasteiger partial charge in [-0.1, -0.05) is 6.07 Å². The quantitative estimate of drug-likeness (QED) is 0.888. The molecule has 2 rings (SSSR count). The first kappa shape index (κ1) is 12.4. The number of carboxylic acids is 1. The largest absolute Gasteiger partial charge is 0.490 e. The van der Waals surface area contributed by atoms with Gasteiger partial charge in [-0.25, -0.2) is 0 Å². The molecule has 4 nitrogen and oxygen atoms in total. The van der Waals surface area contributed by atoms with Crippen molar-refractivity contribution in [3.05, 3.63) is 29.8 Å². The average molecular weight is 245 g/mol. The van der Waals surface area contributed by atoms with Crippen LogP contribution < -0.4 is 4.74 Å². The van der Waals surface area contributed by atoms with E-state index in [0.29, 0.717) is 24.2 Å². The number of hydrogen-bond acceptors (Lipinski definition) is 3. The van der Waals surface area contributed by atoms with Gasteiger partial charge >= 0.3 is 5.97 Å². The molecule has 1 aliphatic rings. The van der Waals surface area contributed by atoms with Crippen LogP contribution >= 0.6 is 0 Å². The minimum absolute atomic E-state index is 0.0644. The molecule has 0 spiro atoms. The number of hydrogen-bond donors (Lipinski definition) is 1. The van der Waals surface area contributed by atoms with E-state index in [1.54, 1.807) is 18.2 Å². The number of carboxylic acid groups (broad SMARTS) is 1. The van der Waals surface area contributed by atoms with Crippen LogP contribution in [-0.4, -0.2) is 17.2 Å². The second kappa shape index (κ2) is 5.54. The van der Waals surface area contributed by atoms with E-state index in [-0.39, 0.29) is 12.0 Å². The Morgan fingerprint density at radius 2 is 2.06 bits per heavy atom. The molecule has 1 aromatic carbocycles. The Hall–Kier alpha value is -2.02. The maximum absolute atomic E-state index is 10.8. The van der Waals surface area contributed by atoms with Gasteiger partial charge in [-0.3, -0.25) is 4.79 Å². The maximum atomic E-state index is 10.8. The second-order valence-corrected chi connectivity index (χ2v) is 4.57. The van der Waals surface area contributed by atoms with E-state index in [1.807, 2.05) is 6.07 Å². The Bertz CT molecular complexity index is 470. The third-order valence-electron chi connectivity index (χ3n) is 3.29. The number of ether oxygens (including phenoxy) is 1. The highest BCUT2D eigenvalue weighted by molar-refractivity contribution is 5.70. The van der Waals surface area contributed by atoms with Gasteiger partial charge in [0.1, 0.15) is 5.75 Å². The molecule has 0 heterocycles. The van der Waals surface area contributed by atoms with Crippen molar-refractivity contribution in [3.63, 3.8) is 0 Å². The zero-order valence-electron chi connectivity index (χ0n) is 10.0. The Kier molecular flexibility index (Phi) is 3.83. The first-order valence-corrected chi connectivity index (χ1v) is 6.08. The Morgan fingerprint density at radius 1 is 1.33 bits per heavy atom. The summed E-state index contributed by atoms with van der Waals surface area (Å²) in [6, 6.07) is 9.12. The van der Waals surface area contributed by atoms with Crippen LogP contribution in [0.3, 0.4) is 0 Å². The van der Waals surface area contributed by atoms with Crippen LogP contribution in [0, 0.1) is 17.2 Å². The molecule has 4 heteroatoms. The van der Waals surface area contributed by atoms with Gasteiger partial charge in [0.25, 0.3) is 0 Å². The molecule has 94 valence electrons. The van der Waals surface area contributed by atoms with Crippen LogP contribution in [0.5, 0.6) is 5.75 Å². The van der Waals surface area contributed by atoms with Crippen molar-refractivity contribution in [1.82, 2.24) is 0 Å². The fraction of sp³-hybridized carbons (Fsp3) is 0.429. The molecule has 1 N–H and O–H groups in total. The predicted molar refractivity (Wildman–Crippen MR) is 65.2 cm³/mol. The van der Waals surface area contributed by atoms with Crippen LogP contribution in [0.2, 0.25) is 0 Å². The van der Waals surface area contributed by atoms with Gasteiger partial charge in [-0.15, -0.1) is 0 Å². The first-order chi connectivity index (χ1) is 8.69. The van der Waals surface area contributed by atoms with Gasteiger partial charge in [0.15, 0.2) is 0 Å². The molecule has 0 aliphatic heterocycles. The Balaban J connectivity index is 1.91. The van der Waals surface area contributed by atoms with E-state index in [0.717, 1.165) is 12.8 Å². The first-order valence-electron chi connectivity index (χ1n) is 6.08. The van der Waals surface area contributed by atoms with Gasteiger partial charge in [0.05, 0.1) is 23.7 Å². The van der Waals surface area contributed by atoms with Crippen molar-refractivity contribution in [2.24, 2.45) is 5.92 Å². The van der Waals surface area contributed by atoms with Crippen molar-refractivity contribution >= 4 is 5.97 Å².